The fourth-order valence-corrected chi connectivity index (χ4v) is 3.75. The van der Waals surface area contributed by atoms with E-state index in [1.165, 1.54) is 13.2 Å². The predicted molar refractivity (Wildman–Crippen MR) is 119 cm³/mol. The highest BCUT2D eigenvalue weighted by molar-refractivity contribution is 5.76. The van der Waals surface area contributed by atoms with Crippen LogP contribution < -0.4 is 10.5 Å². The molecule has 0 saturated carbocycles. The Labute approximate surface area is 193 Å². The molecule has 1 aliphatic rings. The molecule has 1 aromatic heterocycles. The van der Waals surface area contributed by atoms with Gasteiger partial charge in [-0.25, -0.2) is 4.99 Å². The molecule has 2 heterocycles. The molecule has 0 spiro atoms. The number of methoxy groups -OCH3 is 1. The van der Waals surface area contributed by atoms with Gasteiger partial charge in [-0.1, -0.05) is 24.3 Å². The van der Waals surface area contributed by atoms with Gasteiger partial charge in [0.2, 0.25) is 0 Å². The third-order valence-electron chi connectivity index (χ3n) is 5.26. The Hall–Kier alpha value is -4.08. The Morgan fingerprint density at radius 3 is 2.41 bits per heavy atom. The van der Waals surface area contributed by atoms with E-state index in [2.05, 4.69) is 9.98 Å². The van der Waals surface area contributed by atoms with E-state index >= 15 is 0 Å². The zero-order chi connectivity index (χ0) is 24.9. The second-order valence-electron chi connectivity index (χ2n) is 7.45. The first-order valence-electron chi connectivity index (χ1n) is 9.99. The van der Waals surface area contributed by atoms with E-state index in [0.717, 1.165) is 22.8 Å². The number of aliphatic imine (C=N–C) groups is 1. The number of carbonyl (C=O) groups is 1. The van der Waals surface area contributed by atoms with Crippen LogP contribution in [-0.4, -0.2) is 36.3 Å². The number of carboxylic acid groups (broad SMARTS) is 1. The van der Waals surface area contributed by atoms with Crippen LogP contribution in [0.3, 0.4) is 0 Å². The molecule has 0 saturated heterocycles. The molecule has 178 valence electrons. The highest BCUT2D eigenvalue weighted by Crippen LogP contribution is 2.43. The Morgan fingerprint density at radius 1 is 1.12 bits per heavy atom. The number of aryl methyl sites for hydroxylation is 1. The number of amidine groups is 1. The van der Waals surface area contributed by atoms with Crippen molar-refractivity contribution < 1.29 is 32.5 Å². The van der Waals surface area contributed by atoms with E-state index in [1.54, 1.807) is 24.5 Å². The smallest absolute Gasteiger partial charge is 0.419 e. The van der Waals surface area contributed by atoms with Crippen molar-refractivity contribution in [2.75, 3.05) is 13.7 Å². The van der Waals surface area contributed by atoms with Gasteiger partial charge in [0.15, 0.2) is 5.54 Å². The molecule has 34 heavy (non-hydrogen) atoms. The molecule has 0 fully saturated rings. The van der Waals surface area contributed by atoms with Gasteiger partial charge in [-0.3, -0.25) is 9.78 Å². The SMILES string of the molecule is COc1ccc(C2(c3cccc(-c4cncc(C)c4)c3)COC(N)=N2)cc1C(F)(F)F.O=CO. The lowest BCUT2D eigenvalue weighted by atomic mass is 9.82. The number of hydrogen-bond acceptors (Lipinski definition) is 6. The number of halogens is 3. The fraction of sp³-hybridized carbons (Fsp3) is 0.208. The van der Waals surface area contributed by atoms with Crippen LogP contribution in [0.15, 0.2) is 65.9 Å². The van der Waals surface area contributed by atoms with E-state index in [9.17, 15) is 13.2 Å². The van der Waals surface area contributed by atoms with Gasteiger partial charge >= 0.3 is 6.18 Å². The molecule has 1 atom stereocenters. The van der Waals surface area contributed by atoms with Gasteiger partial charge in [0.05, 0.1) is 12.7 Å². The van der Waals surface area contributed by atoms with Crippen LogP contribution in [0, 0.1) is 6.92 Å². The van der Waals surface area contributed by atoms with Gasteiger partial charge in [-0.05, 0) is 53.4 Å². The third kappa shape index (κ3) is 4.95. The summed E-state index contributed by atoms with van der Waals surface area (Å²) < 4.78 is 51.3. The largest absolute Gasteiger partial charge is 0.496 e. The standard InChI is InChI=1S/C23H20F3N3O2.CH2O2/c1-14-8-16(12-28-11-14)15-4-3-5-17(9-15)22(13-31-21(27)29-22)18-6-7-20(30-2)19(10-18)23(24,25)26;2-1-3/h3-12H,13H2,1-2H3,(H2,27,29);1H,(H,2,3). The zero-order valence-electron chi connectivity index (χ0n) is 18.3. The number of rotatable bonds is 4. The predicted octanol–water partition coefficient (Wildman–Crippen LogP) is 4.37. The van der Waals surface area contributed by atoms with Crippen molar-refractivity contribution in [1.82, 2.24) is 4.98 Å². The summed E-state index contributed by atoms with van der Waals surface area (Å²) in [6.45, 7) is 1.67. The van der Waals surface area contributed by atoms with Gasteiger partial charge in [0, 0.05) is 18.0 Å². The number of aromatic nitrogens is 1. The zero-order valence-corrected chi connectivity index (χ0v) is 18.3. The number of benzene rings is 2. The van der Waals surface area contributed by atoms with E-state index in [0.29, 0.717) is 11.1 Å². The molecule has 3 N–H and O–H groups in total. The fourth-order valence-electron chi connectivity index (χ4n) is 3.75. The molecule has 4 rings (SSSR count). The number of alkyl halides is 3. The molecule has 1 aliphatic heterocycles. The molecule has 0 radical (unpaired) electrons. The molecule has 0 aliphatic carbocycles. The normalized spacial score (nSPS) is 17.1. The summed E-state index contributed by atoms with van der Waals surface area (Å²) in [5, 5.41) is 6.89. The van der Waals surface area contributed by atoms with Gasteiger partial charge < -0.3 is 20.3 Å². The minimum absolute atomic E-state index is 0.0159. The van der Waals surface area contributed by atoms with Gasteiger partial charge in [0.25, 0.3) is 12.5 Å². The molecule has 7 nitrogen and oxygen atoms in total. The average Bonchev–Trinajstić information content (AvgIpc) is 3.21. The molecule has 0 amide bonds. The Morgan fingerprint density at radius 2 is 1.82 bits per heavy atom. The summed E-state index contributed by atoms with van der Waals surface area (Å²) in [6, 6.07) is 13.2. The maximum Gasteiger partial charge on any atom is 0.419 e. The first kappa shape index (κ1) is 24.6. The number of nitrogens with zero attached hydrogens (tertiary/aromatic N) is 2. The van der Waals surface area contributed by atoms with Crippen LogP contribution in [0.25, 0.3) is 11.1 Å². The quantitative estimate of drug-likeness (QED) is 0.545. The number of nitrogens with two attached hydrogens (primary N) is 1. The highest BCUT2D eigenvalue weighted by Gasteiger charge is 2.43. The van der Waals surface area contributed by atoms with Gasteiger partial charge in [-0.2, -0.15) is 13.2 Å². The van der Waals surface area contributed by atoms with E-state index in [4.69, 9.17) is 25.1 Å². The van der Waals surface area contributed by atoms with Gasteiger partial charge in [0.1, 0.15) is 12.4 Å². The molecule has 2 aromatic carbocycles. The Balaban J connectivity index is 0.00000103. The number of pyridine rings is 1. The van der Waals surface area contributed by atoms with Crippen LogP contribution in [0.1, 0.15) is 22.3 Å². The Bertz CT molecular complexity index is 1210. The highest BCUT2D eigenvalue weighted by atomic mass is 19.4. The monoisotopic (exact) mass is 473 g/mol. The summed E-state index contributed by atoms with van der Waals surface area (Å²) >= 11 is 0. The van der Waals surface area contributed by atoms with Crippen molar-refractivity contribution >= 4 is 12.5 Å². The molecule has 1 unspecified atom stereocenters. The van der Waals surface area contributed by atoms with E-state index in [1.807, 2.05) is 31.2 Å². The van der Waals surface area contributed by atoms with Crippen molar-refractivity contribution in [2.24, 2.45) is 10.7 Å². The minimum atomic E-state index is -4.59. The molecule has 3 aromatic rings. The molecular formula is C24H22F3N3O4. The summed E-state index contributed by atoms with van der Waals surface area (Å²) in [6.07, 6.45) is -1.11. The number of ether oxygens (including phenoxy) is 2. The van der Waals surface area contributed by atoms with E-state index < -0.39 is 17.3 Å². The maximum absolute atomic E-state index is 13.7. The summed E-state index contributed by atoms with van der Waals surface area (Å²) in [5.74, 6) is -0.262. The van der Waals surface area contributed by atoms with Gasteiger partial charge in [-0.15, -0.1) is 0 Å². The van der Waals surface area contributed by atoms with Crippen molar-refractivity contribution in [3.63, 3.8) is 0 Å². The average molecular weight is 473 g/mol. The summed E-state index contributed by atoms with van der Waals surface area (Å²) in [5.41, 5.74) is 7.41. The van der Waals surface area contributed by atoms with E-state index in [-0.39, 0.29) is 24.9 Å². The Kier molecular flexibility index (Phi) is 7.09. The topological polar surface area (TPSA) is 107 Å². The molecular weight excluding hydrogens is 451 g/mol. The van der Waals surface area contributed by atoms with Crippen LogP contribution in [0.2, 0.25) is 0 Å². The lowest BCUT2D eigenvalue weighted by Gasteiger charge is -2.27. The second-order valence-corrected chi connectivity index (χ2v) is 7.45. The number of hydrogen-bond donors (Lipinski definition) is 2. The lowest BCUT2D eigenvalue weighted by Crippen LogP contribution is -2.28. The minimum Gasteiger partial charge on any atom is -0.496 e. The van der Waals surface area contributed by atoms with Crippen molar-refractivity contribution in [3.05, 3.63) is 83.2 Å². The summed E-state index contributed by atoms with van der Waals surface area (Å²) in [4.78, 5) is 17.0. The summed E-state index contributed by atoms with van der Waals surface area (Å²) in [7, 11) is 1.20. The third-order valence-corrected chi connectivity index (χ3v) is 5.26. The van der Waals surface area contributed by atoms with Crippen molar-refractivity contribution in [1.29, 1.82) is 0 Å². The molecule has 0 bridgehead atoms. The first-order valence-corrected chi connectivity index (χ1v) is 9.99. The van der Waals surface area contributed by atoms with Crippen LogP contribution in [-0.2, 0) is 21.2 Å². The van der Waals surface area contributed by atoms with Crippen molar-refractivity contribution in [3.8, 4) is 16.9 Å². The van der Waals surface area contributed by atoms with Crippen LogP contribution >= 0.6 is 0 Å². The second kappa shape index (κ2) is 9.82. The lowest BCUT2D eigenvalue weighted by molar-refractivity contribution is -0.138. The maximum atomic E-state index is 13.7. The van der Waals surface area contributed by atoms with Crippen molar-refractivity contribution in [2.45, 2.75) is 18.6 Å². The molecule has 10 heteroatoms. The first-order chi connectivity index (χ1) is 16.1. The van der Waals surface area contributed by atoms with Crippen LogP contribution in [0.4, 0.5) is 13.2 Å². The van der Waals surface area contributed by atoms with Crippen LogP contribution in [0.5, 0.6) is 5.75 Å².